The summed E-state index contributed by atoms with van der Waals surface area (Å²) in [7, 11) is 0. The van der Waals surface area contributed by atoms with Crippen LogP contribution in [0, 0.1) is 17.0 Å². The fourth-order valence-electron chi connectivity index (χ4n) is 2.16. The second kappa shape index (κ2) is 4.53. The van der Waals surface area contributed by atoms with Gasteiger partial charge in [-0.3, -0.25) is 14.9 Å². The number of benzene rings is 1. The number of rotatable bonds is 2. The minimum atomic E-state index is -0.474. The second-order valence-corrected chi connectivity index (χ2v) is 4.23. The molecule has 0 bridgehead atoms. The van der Waals surface area contributed by atoms with Crippen LogP contribution in [0.5, 0.6) is 0 Å². The number of hydrogen-bond acceptors (Lipinski definition) is 3. The maximum absolute atomic E-state index is 12.1. The number of hydrogen-bond donors (Lipinski definition) is 0. The van der Waals surface area contributed by atoms with E-state index in [0.717, 1.165) is 12.8 Å². The van der Waals surface area contributed by atoms with Crippen LogP contribution in [-0.2, 0) is 0 Å². The second-order valence-electron chi connectivity index (χ2n) is 4.23. The molecular weight excluding hydrogens is 220 g/mol. The van der Waals surface area contributed by atoms with Gasteiger partial charge < -0.3 is 4.90 Å². The van der Waals surface area contributed by atoms with Crippen molar-refractivity contribution in [3.63, 3.8) is 0 Å². The molecule has 5 heteroatoms. The Hall–Kier alpha value is -1.91. The fourth-order valence-corrected chi connectivity index (χ4v) is 2.16. The topological polar surface area (TPSA) is 63.5 Å². The van der Waals surface area contributed by atoms with Crippen LogP contribution in [0.2, 0.25) is 0 Å². The molecule has 1 aromatic rings. The van der Waals surface area contributed by atoms with Crippen LogP contribution >= 0.6 is 0 Å². The lowest BCUT2D eigenvalue weighted by Crippen LogP contribution is -2.28. The highest BCUT2D eigenvalue weighted by Crippen LogP contribution is 2.25. The van der Waals surface area contributed by atoms with E-state index in [1.165, 1.54) is 6.07 Å². The Labute approximate surface area is 99.2 Å². The van der Waals surface area contributed by atoms with Gasteiger partial charge in [0.05, 0.1) is 4.92 Å². The van der Waals surface area contributed by atoms with E-state index < -0.39 is 4.92 Å². The quantitative estimate of drug-likeness (QED) is 0.581. The highest BCUT2D eigenvalue weighted by atomic mass is 16.6. The van der Waals surface area contributed by atoms with Gasteiger partial charge >= 0.3 is 0 Å². The fraction of sp³-hybridized carbons (Fsp3) is 0.417. The van der Waals surface area contributed by atoms with E-state index >= 15 is 0 Å². The highest BCUT2D eigenvalue weighted by molar-refractivity contribution is 5.98. The summed E-state index contributed by atoms with van der Waals surface area (Å²) in [6.45, 7) is 3.05. The predicted octanol–water partition coefficient (Wildman–Crippen LogP) is 2.14. The van der Waals surface area contributed by atoms with Gasteiger partial charge in [0, 0.05) is 18.7 Å². The Morgan fingerprint density at radius 3 is 2.59 bits per heavy atom. The molecule has 0 aromatic heterocycles. The van der Waals surface area contributed by atoms with E-state index in [4.69, 9.17) is 0 Å². The Morgan fingerprint density at radius 2 is 2.00 bits per heavy atom. The van der Waals surface area contributed by atoms with Crippen molar-refractivity contribution in [2.24, 2.45) is 0 Å². The minimum absolute atomic E-state index is 0.0654. The van der Waals surface area contributed by atoms with Crippen LogP contribution in [0.1, 0.15) is 28.8 Å². The zero-order valence-corrected chi connectivity index (χ0v) is 9.68. The van der Waals surface area contributed by atoms with Gasteiger partial charge in [-0.1, -0.05) is 12.1 Å². The van der Waals surface area contributed by atoms with E-state index in [0.29, 0.717) is 18.7 Å². The van der Waals surface area contributed by atoms with Crippen molar-refractivity contribution in [1.82, 2.24) is 4.90 Å². The van der Waals surface area contributed by atoms with Gasteiger partial charge in [-0.15, -0.1) is 0 Å². The van der Waals surface area contributed by atoms with Crippen molar-refractivity contribution >= 4 is 11.6 Å². The van der Waals surface area contributed by atoms with Gasteiger partial charge in [0.15, 0.2) is 0 Å². The molecule has 1 aliphatic rings. The lowest BCUT2D eigenvalue weighted by atomic mass is 10.1. The maximum atomic E-state index is 12.1. The normalized spacial score (nSPS) is 15.0. The van der Waals surface area contributed by atoms with Crippen molar-refractivity contribution in [1.29, 1.82) is 0 Å². The monoisotopic (exact) mass is 234 g/mol. The first-order valence-electron chi connectivity index (χ1n) is 5.64. The predicted molar refractivity (Wildman–Crippen MR) is 63.0 cm³/mol. The smallest absolute Gasteiger partial charge is 0.285 e. The van der Waals surface area contributed by atoms with Gasteiger partial charge in [-0.05, 0) is 25.8 Å². The average molecular weight is 234 g/mol. The van der Waals surface area contributed by atoms with Crippen molar-refractivity contribution in [2.75, 3.05) is 13.1 Å². The number of nitro groups is 1. The number of carbonyl (C=O) groups excluding carboxylic acids is 1. The molecule has 1 amide bonds. The molecule has 1 heterocycles. The van der Waals surface area contributed by atoms with E-state index in [2.05, 4.69) is 0 Å². The molecule has 0 unspecified atom stereocenters. The zero-order valence-electron chi connectivity index (χ0n) is 9.68. The zero-order chi connectivity index (χ0) is 12.4. The van der Waals surface area contributed by atoms with Gasteiger partial charge in [-0.25, -0.2) is 0 Å². The first-order valence-corrected chi connectivity index (χ1v) is 5.64. The molecular formula is C12H14N2O3. The number of nitrogens with zero attached hydrogens (tertiary/aromatic N) is 2. The molecule has 1 aliphatic heterocycles. The molecule has 1 aromatic carbocycles. The van der Waals surface area contributed by atoms with Crippen LogP contribution in [0.15, 0.2) is 18.2 Å². The molecule has 90 valence electrons. The van der Waals surface area contributed by atoms with Gasteiger partial charge in [0.2, 0.25) is 0 Å². The molecule has 2 rings (SSSR count). The summed E-state index contributed by atoms with van der Waals surface area (Å²) < 4.78 is 0. The number of carbonyl (C=O) groups is 1. The molecule has 0 N–H and O–H groups in total. The van der Waals surface area contributed by atoms with Crippen LogP contribution in [0.25, 0.3) is 0 Å². The van der Waals surface area contributed by atoms with Gasteiger partial charge in [-0.2, -0.15) is 0 Å². The third-order valence-corrected chi connectivity index (χ3v) is 3.04. The molecule has 1 saturated heterocycles. The summed E-state index contributed by atoms with van der Waals surface area (Å²) in [5.41, 5.74) is 0.668. The number of aryl methyl sites for hydroxylation is 1. The lowest BCUT2D eigenvalue weighted by molar-refractivity contribution is -0.385. The SMILES string of the molecule is Cc1cccc(C(=O)N2CCCC2)c1[N+](=O)[O-]. The molecule has 0 atom stereocenters. The van der Waals surface area contributed by atoms with Crippen molar-refractivity contribution < 1.29 is 9.72 Å². The Bertz CT molecular complexity index is 465. The van der Waals surface area contributed by atoms with Crippen LogP contribution < -0.4 is 0 Å². The van der Waals surface area contributed by atoms with E-state index in [-0.39, 0.29) is 17.2 Å². The van der Waals surface area contributed by atoms with Crippen molar-refractivity contribution in [3.8, 4) is 0 Å². The van der Waals surface area contributed by atoms with Crippen LogP contribution in [-0.4, -0.2) is 28.8 Å². The summed E-state index contributed by atoms with van der Waals surface area (Å²) in [5, 5.41) is 11.0. The standard InChI is InChI=1S/C12H14N2O3/c1-9-5-4-6-10(11(9)14(16)17)12(15)13-7-2-3-8-13/h4-6H,2-3,7-8H2,1H3. The first kappa shape index (κ1) is 11.6. The third kappa shape index (κ3) is 2.13. The summed E-state index contributed by atoms with van der Waals surface area (Å²) in [6.07, 6.45) is 1.96. The van der Waals surface area contributed by atoms with E-state index in [9.17, 15) is 14.9 Å². The van der Waals surface area contributed by atoms with Crippen molar-refractivity contribution in [2.45, 2.75) is 19.8 Å². The van der Waals surface area contributed by atoms with Crippen LogP contribution in [0.3, 0.4) is 0 Å². The summed E-state index contributed by atoms with van der Waals surface area (Å²) in [4.78, 5) is 24.4. The molecule has 0 aliphatic carbocycles. The average Bonchev–Trinajstić information content (AvgIpc) is 2.80. The Morgan fingerprint density at radius 1 is 1.35 bits per heavy atom. The van der Waals surface area contributed by atoms with Gasteiger partial charge in [0.25, 0.3) is 11.6 Å². The summed E-state index contributed by atoms with van der Waals surface area (Å²) >= 11 is 0. The number of para-hydroxylation sites is 1. The maximum Gasteiger partial charge on any atom is 0.285 e. The molecule has 0 radical (unpaired) electrons. The lowest BCUT2D eigenvalue weighted by Gasteiger charge is -2.15. The number of amides is 1. The molecule has 17 heavy (non-hydrogen) atoms. The third-order valence-electron chi connectivity index (χ3n) is 3.04. The first-order chi connectivity index (χ1) is 8.11. The highest BCUT2D eigenvalue weighted by Gasteiger charge is 2.27. The van der Waals surface area contributed by atoms with Crippen molar-refractivity contribution in [3.05, 3.63) is 39.4 Å². The number of nitro benzene ring substituents is 1. The van der Waals surface area contributed by atoms with E-state index in [1.807, 2.05) is 0 Å². The van der Waals surface area contributed by atoms with Crippen LogP contribution in [0.4, 0.5) is 5.69 Å². The Kier molecular flexibility index (Phi) is 3.08. The summed E-state index contributed by atoms with van der Waals surface area (Å²) in [5.74, 6) is -0.224. The molecule has 5 nitrogen and oxygen atoms in total. The van der Waals surface area contributed by atoms with E-state index in [1.54, 1.807) is 24.0 Å². The molecule has 0 saturated carbocycles. The molecule has 1 fully saturated rings. The summed E-state index contributed by atoms with van der Waals surface area (Å²) in [6, 6.07) is 4.87. The minimum Gasteiger partial charge on any atom is -0.338 e. The largest absolute Gasteiger partial charge is 0.338 e. The Balaban J connectivity index is 2.40. The van der Waals surface area contributed by atoms with Gasteiger partial charge in [0.1, 0.15) is 5.56 Å². The number of likely N-dealkylation sites (tertiary alicyclic amines) is 1. The molecule has 0 spiro atoms.